The van der Waals surface area contributed by atoms with Crippen molar-refractivity contribution in [1.29, 1.82) is 0 Å². The first kappa shape index (κ1) is 25.2. The number of aliphatic hydroxyl groups excluding tert-OH is 1. The van der Waals surface area contributed by atoms with Crippen LogP contribution in [-0.2, 0) is 9.59 Å². The molecule has 1 atom stereocenters. The number of hydrogen-bond donors (Lipinski definition) is 1. The lowest BCUT2D eigenvalue weighted by atomic mass is 9.99. The zero-order valence-electron chi connectivity index (χ0n) is 18.9. The van der Waals surface area contributed by atoms with Crippen LogP contribution >= 0.6 is 11.6 Å². The standard InChI is InChI=1S/C25H19ClF3NO6/c1-3-34-15-8-9-18(26)17(12-15)22(31)20-21(19-10-7-13(2)35-19)30(24(33)23(20)32)14-5-4-6-16(11-14)36-25(27,28)29/h4-12,21,31H,3H2,1-2H3/b22-20-. The summed E-state index contributed by atoms with van der Waals surface area (Å²) in [7, 11) is 0. The molecule has 1 aliphatic heterocycles. The Bertz CT molecular complexity index is 1360. The van der Waals surface area contributed by atoms with Crippen LogP contribution in [-0.4, -0.2) is 29.8 Å². The Morgan fingerprint density at radius 3 is 2.50 bits per heavy atom. The number of amides is 1. The molecule has 7 nitrogen and oxygen atoms in total. The maximum Gasteiger partial charge on any atom is 0.573 e. The molecule has 4 rings (SSSR count). The SMILES string of the molecule is CCOc1ccc(Cl)c(/C(O)=C2/C(=O)C(=O)N(c3cccc(OC(F)(F)F)c3)C2c2ccc(C)o2)c1. The van der Waals surface area contributed by atoms with Gasteiger partial charge in [-0.15, -0.1) is 13.2 Å². The van der Waals surface area contributed by atoms with Crippen LogP contribution < -0.4 is 14.4 Å². The number of halogens is 4. The number of Topliss-reactive ketones (excluding diaryl/α,β-unsaturated/α-hetero) is 1. The number of alkyl halides is 3. The van der Waals surface area contributed by atoms with Crippen LogP contribution in [0.5, 0.6) is 11.5 Å². The molecule has 0 aliphatic carbocycles. The number of furan rings is 1. The molecule has 2 aromatic carbocycles. The first-order valence-corrected chi connectivity index (χ1v) is 11.0. The van der Waals surface area contributed by atoms with Crippen LogP contribution in [0.25, 0.3) is 5.76 Å². The molecule has 0 spiro atoms. The van der Waals surface area contributed by atoms with E-state index in [1.54, 1.807) is 26.0 Å². The molecule has 36 heavy (non-hydrogen) atoms. The van der Waals surface area contributed by atoms with E-state index >= 15 is 0 Å². The Morgan fingerprint density at radius 1 is 1.11 bits per heavy atom. The lowest BCUT2D eigenvalue weighted by Gasteiger charge is -2.24. The number of anilines is 1. The van der Waals surface area contributed by atoms with Gasteiger partial charge >= 0.3 is 6.36 Å². The number of carbonyl (C=O) groups is 2. The second-order valence-corrected chi connectivity index (χ2v) is 8.14. The number of carbonyl (C=O) groups excluding carboxylic acids is 2. The van der Waals surface area contributed by atoms with Crippen LogP contribution in [0, 0.1) is 6.92 Å². The molecule has 3 aromatic rings. The fraction of sp³-hybridized carbons (Fsp3) is 0.200. The van der Waals surface area contributed by atoms with Gasteiger partial charge in [0.25, 0.3) is 11.7 Å². The zero-order valence-corrected chi connectivity index (χ0v) is 19.7. The topological polar surface area (TPSA) is 89.2 Å². The first-order valence-electron chi connectivity index (χ1n) is 10.7. The Balaban J connectivity index is 1.90. The van der Waals surface area contributed by atoms with E-state index < -0.39 is 35.6 Å². The van der Waals surface area contributed by atoms with Gasteiger partial charge in [-0.05, 0) is 56.3 Å². The van der Waals surface area contributed by atoms with E-state index in [1.165, 1.54) is 30.3 Å². The number of aliphatic hydroxyl groups is 1. The maximum absolute atomic E-state index is 13.2. The van der Waals surface area contributed by atoms with Gasteiger partial charge < -0.3 is 19.0 Å². The van der Waals surface area contributed by atoms with Crippen molar-refractivity contribution in [2.45, 2.75) is 26.3 Å². The fourth-order valence-electron chi connectivity index (χ4n) is 3.89. The quantitative estimate of drug-likeness (QED) is 0.237. The molecule has 1 aliphatic rings. The van der Waals surface area contributed by atoms with Gasteiger partial charge in [-0.1, -0.05) is 17.7 Å². The third kappa shape index (κ3) is 4.90. The van der Waals surface area contributed by atoms with E-state index in [0.717, 1.165) is 17.0 Å². The Morgan fingerprint density at radius 2 is 1.86 bits per heavy atom. The predicted molar refractivity (Wildman–Crippen MR) is 124 cm³/mol. The van der Waals surface area contributed by atoms with Crippen molar-refractivity contribution in [3.8, 4) is 11.5 Å². The molecule has 11 heteroatoms. The molecule has 0 bridgehead atoms. The maximum atomic E-state index is 13.2. The highest BCUT2D eigenvalue weighted by Crippen LogP contribution is 2.44. The number of nitrogens with zero attached hydrogens (tertiary/aromatic N) is 1. The van der Waals surface area contributed by atoms with E-state index in [9.17, 15) is 27.9 Å². The van der Waals surface area contributed by atoms with Crippen LogP contribution in [0.4, 0.5) is 18.9 Å². The van der Waals surface area contributed by atoms with Crippen LogP contribution in [0.2, 0.25) is 5.02 Å². The van der Waals surface area contributed by atoms with Gasteiger partial charge in [0.15, 0.2) is 0 Å². The van der Waals surface area contributed by atoms with Gasteiger partial charge in [-0.2, -0.15) is 0 Å². The minimum Gasteiger partial charge on any atom is -0.507 e. The van der Waals surface area contributed by atoms with Crippen molar-refractivity contribution in [1.82, 2.24) is 0 Å². The summed E-state index contributed by atoms with van der Waals surface area (Å²) in [5.74, 6) is -2.44. The molecule has 1 saturated heterocycles. The molecular weight excluding hydrogens is 503 g/mol. The summed E-state index contributed by atoms with van der Waals surface area (Å²) in [5, 5.41) is 11.3. The van der Waals surface area contributed by atoms with E-state index in [-0.39, 0.29) is 27.6 Å². The fourth-order valence-corrected chi connectivity index (χ4v) is 4.09. The van der Waals surface area contributed by atoms with Gasteiger partial charge in [0.05, 0.1) is 17.2 Å². The Kier molecular flexibility index (Phi) is 6.73. The Labute approximate surface area is 208 Å². The van der Waals surface area contributed by atoms with Crippen LogP contribution in [0.1, 0.15) is 30.0 Å². The number of ketones is 1. The summed E-state index contributed by atoms with van der Waals surface area (Å²) < 4.78 is 53.4. The molecule has 0 radical (unpaired) electrons. The first-order chi connectivity index (χ1) is 17.0. The van der Waals surface area contributed by atoms with Crippen molar-refractivity contribution in [3.63, 3.8) is 0 Å². The third-order valence-corrected chi connectivity index (χ3v) is 5.64. The van der Waals surface area contributed by atoms with E-state index in [1.807, 2.05) is 0 Å². The third-order valence-electron chi connectivity index (χ3n) is 5.31. The summed E-state index contributed by atoms with van der Waals surface area (Å²) in [4.78, 5) is 27.3. The molecule has 1 unspecified atom stereocenters. The Hall–Kier alpha value is -3.92. The largest absolute Gasteiger partial charge is 0.573 e. The average Bonchev–Trinajstić information content (AvgIpc) is 3.34. The summed E-state index contributed by atoms with van der Waals surface area (Å²) in [6.45, 7) is 3.72. The van der Waals surface area contributed by atoms with Crippen LogP contribution in [0.3, 0.4) is 0 Å². The van der Waals surface area contributed by atoms with Crippen molar-refractivity contribution < 1.29 is 41.8 Å². The van der Waals surface area contributed by atoms with E-state index in [0.29, 0.717) is 18.1 Å². The zero-order chi connectivity index (χ0) is 26.2. The highest BCUT2D eigenvalue weighted by molar-refractivity contribution is 6.52. The van der Waals surface area contributed by atoms with Gasteiger partial charge in [-0.3, -0.25) is 14.5 Å². The molecule has 1 N–H and O–H groups in total. The van der Waals surface area contributed by atoms with Gasteiger partial charge in [0.2, 0.25) is 0 Å². The number of hydrogen-bond acceptors (Lipinski definition) is 6. The minimum atomic E-state index is -4.97. The summed E-state index contributed by atoms with van der Waals surface area (Å²) in [5.41, 5.74) is -0.402. The van der Waals surface area contributed by atoms with Gasteiger partial charge in [-0.25, -0.2) is 0 Å². The van der Waals surface area contributed by atoms with Crippen molar-refractivity contribution in [2.24, 2.45) is 0 Å². The number of ether oxygens (including phenoxy) is 2. The van der Waals surface area contributed by atoms with Crippen molar-refractivity contribution in [3.05, 3.63) is 82.3 Å². The molecular formula is C25H19ClF3NO6. The average molecular weight is 522 g/mol. The smallest absolute Gasteiger partial charge is 0.507 e. The van der Waals surface area contributed by atoms with Gasteiger partial charge in [0.1, 0.15) is 34.8 Å². The molecule has 2 heterocycles. The van der Waals surface area contributed by atoms with Gasteiger partial charge in [0, 0.05) is 17.3 Å². The highest BCUT2D eigenvalue weighted by atomic mass is 35.5. The summed E-state index contributed by atoms with van der Waals surface area (Å²) in [6.07, 6.45) is -4.97. The number of benzene rings is 2. The minimum absolute atomic E-state index is 0.0306. The summed E-state index contributed by atoms with van der Waals surface area (Å²) >= 11 is 6.28. The normalized spacial score (nSPS) is 17.5. The lowest BCUT2D eigenvalue weighted by Crippen LogP contribution is -2.29. The van der Waals surface area contributed by atoms with Crippen LogP contribution in [0.15, 0.2) is 64.6 Å². The number of rotatable bonds is 6. The molecule has 188 valence electrons. The second kappa shape index (κ2) is 9.62. The van der Waals surface area contributed by atoms with Crippen molar-refractivity contribution in [2.75, 3.05) is 11.5 Å². The molecule has 1 fully saturated rings. The second-order valence-electron chi connectivity index (χ2n) is 7.74. The molecule has 1 amide bonds. The number of aryl methyl sites for hydroxylation is 1. The van der Waals surface area contributed by atoms with E-state index in [4.69, 9.17) is 20.8 Å². The highest BCUT2D eigenvalue weighted by Gasteiger charge is 2.48. The summed E-state index contributed by atoms with van der Waals surface area (Å²) in [6, 6.07) is 10.8. The monoisotopic (exact) mass is 521 g/mol. The predicted octanol–water partition coefficient (Wildman–Crippen LogP) is 6.17. The lowest BCUT2D eigenvalue weighted by molar-refractivity contribution is -0.274. The molecule has 0 saturated carbocycles. The molecule has 1 aromatic heterocycles. The van der Waals surface area contributed by atoms with Crippen molar-refractivity contribution >= 4 is 34.7 Å². The van der Waals surface area contributed by atoms with E-state index in [2.05, 4.69) is 4.74 Å².